The fraction of sp³-hybridized carbons (Fsp3) is 0.762. The van der Waals surface area contributed by atoms with Gasteiger partial charge in [-0.25, -0.2) is 4.98 Å². The molecule has 0 unspecified atom stereocenters. The molecule has 30 heavy (non-hydrogen) atoms. The third kappa shape index (κ3) is 5.39. The molecule has 4 atom stereocenters. The summed E-state index contributed by atoms with van der Waals surface area (Å²) in [7, 11) is 1.92. The molecule has 2 aliphatic heterocycles. The smallest absolute Gasteiger partial charge is 0.226 e. The van der Waals surface area contributed by atoms with E-state index < -0.39 is 6.10 Å². The van der Waals surface area contributed by atoms with Gasteiger partial charge >= 0.3 is 0 Å². The van der Waals surface area contributed by atoms with Crippen molar-refractivity contribution < 1.29 is 24.2 Å². The van der Waals surface area contributed by atoms with Crippen LogP contribution < -0.4 is 5.32 Å². The summed E-state index contributed by atoms with van der Waals surface area (Å²) in [5, 5.41) is 13.1. The molecule has 4 rings (SSSR count). The first-order valence-electron chi connectivity index (χ1n) is 10.9. The number of carbonyl (C=O) groups is 2. The molecule has 9 heteroatoms. The zero-order valence-corrected chi connectivity index (χ0v) is 17.5. The van der Waals surface area contributed by atoms with Crippen molar-refractivity contribution in [2.24, 2.45) is 13.0 Å². The summed E-state index contributed by atoms with van der Waals surface area (Å²) in [5.74, 6) is 0.184. The average Bonchev–Trinajstić information content (AvgIpc) is 3.47. The molecule has 0 bridgehead atoms. The molecule has 1 aromatic rings. The molecule has 0 radical (unpaired) electrons. The molecule has 0 aromatic carbocycles. The van der Waals surface area contributed by atoms with Gasteiger partial charge in [0.15, 0.2) is 0 Å². The summed E-state index contributed by atoms with van der Waals surface area (Å²) >= 11 is 0. The quantitative estimate of drug-likeness (QED) is 0.672. The Balaban J connectivity index is 1.28. The SMILES string of the molecule is Cn1cnc(CCNC(=O)C[C@@H]2CC[C@@H]3[C@H](COC[C@@H](O)CN3C(=O)C3CC3)O2)c1. The van der Waals surface area contributed by atoms with E-state index in [1.54, 1.807) is 6.33 Å². The molecule has 1 saturated carbocycles. The minimum Gasteiger partial charge on any atom is -0.389 e. The highest BCUT2D eigenvalue weighted by molar-refractivity contribution is 5.81. The van der Waals surface area contributed by atoms with Gasteiger partial charge in [-0.15, -0.1) is 0 Å². The maximum atomic E-state index is 12.8. The third-order valence-corrected chi connectivity index (χ3v) is 6.07. The number of aryl methyl sites for hydroxylation is 1. The Bertz CT molecular complexity index is 750. The van der Waals surface area contributed by atoms with Crippen molar-refractivity contribution >= 4 is 11.8 Å². The van der Waals surface area contributed by atoms with Crippen LogP contribution in [0, 0.1) is 5.92 Å². The van der Waals surface area contributed by atoms with Gasteiger partial charge in [0.1, 0.15) is 6.10 Å². The highest BCUT2D eigenvalue weighted by atomic mass is 16.5. The normalized spacial score (nSPS) is 29.6. The molecule has 3 fully saturated rings. The van der Waals surface area contributed by atoms with E-state index in [-0.39, 0.29) is 42.6 Å². The van der Waals surface area contributed by atoms with Crippen molar-refractivity contribution in [3.8, 4) is 0 Å². The van der Waals surface area contributed by atoms with Crippen molar-refractivity contribution in [2.75, 3.05) is 26.3 Å². The van der Waals surface area contributed by atoms with E-state index in [2.05, 4.69) is 10.3 Å². The van der Waals surface area contributed by atoms with Crippen molar-refractivity contribution in [1.29, 1.82) is 0 Å². The lowest BCUT2D eigenvalue weighted by Crippen LogP contribution is -2.58. The van der Waals surface area contributed by atoms with Crippen LogP contribution in [0.25, 0.3) is 0 Å². The van der Waals surface area contributed by atoms with Crippen LogP contribution in [0.3, 0.4) is 0 Å². The van der Waals surface area contributed by atoms with E-state index in [9.17, 15) is 14.7 Å². The number of carbonyl (C=O) groups excluding carboxylic acids is 2. The Labute approximate surface area is 176 Å². The number of rotatable bonds is 6. The van der Waals surface area contributed by atoms with E-state index >= 15 is 0 Å². The summed E-state index contributed by atoms with van der Waals surface area (Å²) in [6.07, 6.45) is 6.88. The van der Waals surface area contributed by atoms with Crippen LogP contribution in [0.2, 0.25) is 0 Å². The average molecular weight is 421 g/mol. The van der Waals surface area contributed by atoms with Gasteiger partial charge in [0, 0.05) is 38.7 Å². The first kappa shape index (κ1) is 21.3. The molecule has 9 nitrogen and oxygen atoms in total. The van der Waals surface area contributed by atoms with Gasteiger partial charge in [0.05, 0.1) is 49.9 Å². The van der Waals surface area contributed by atoms with Crippen LogP contribution in [0.15, 0.2) is 12.5 Å². The number of ether oxygens (including phenoxy) is 2. The first-order chi connectivity index (χ1) is 14.5. The van der Waals surface area contributed by atoms with E-state index in [1.807, 2.05) is 22.7 Å². The van der Waals surface area contributed by atoms with Gasteiger partial charge in [-0.05, 0) is 25.7 Å². The van der Waals surface area contributed by atoms with Crippen LogP contribution in [0.4, 0.5) is 0 Å². The van der Waals surface area contributed by atoms with Crippen LogP contribution in [0.1, 0.15) is 37.8 Å². The molecule has 2 N–H and O–H groups in total. The first-order valence-corrected chi connectivity index (χ1v) is 10.9. The fourth-order valence-corrected chi connectivity index (χ4v) is 4.36. The number of β-amino-alcohol motifs (C(OH)–C–C–N with tert-alkyl or cyclic N) is 1. The molecule has 2 saturated heterocycles. The largest absolute Gasteiger partial charge is 0.389 e. The van der Waals surface area contributed by atoms with E-state index in [1.165, 1.54) is 0 Å². The summed E-state index contributed by atoms with van der Waals surface area (Å²) in [6.45, 7) is 1.35. The molecular formula is C21H32N4O5. The number of aliphatic hydroxyl groups is 1. The molecule has 3 heterocycles. The molecule has 2 amide bonds. The maximum absolute atomic E-state index is 12.8. The van der Waals surface area contributed by atoms with Crippen LogP contribution in [-0.4, -0.2) is 82.0 Å². The number of hydrogen-bond donors (Lipinski definition) is 2. The number of amides is 2. The molecular weight excluding hydrogens is 388 g/mol. The number of imidazole rings is 1. The predicted molar refractivity (Wildman–Crippen MR) is 107 cm³/mol. The van der Waals surface area contributed by atoms with Crippen LogP contribution in [-0.2, 0) is 32.5 Å². The number of nitrogens with one attached hydrogen (secondary N) is 1. The lowest BCUT2D eigenvalue weighted by molar-refractivity contribution is -0.170. The summed E-state index contributed by atoms with van der Waals surface area (Å²) < 4.78 is 13.7. The maximum Gasteiger partial charge on any atom is 0.226 e. The minimum atomic E-state index is -0.670. The van der Waals surface area contributed by atoms with Gasteiger partial charge in [-0.2, -0.15) is 0 Å². The molecule has 0 spiro atoms. The van der Waals surface area contributed by atoms with Gasteiger partial charge < -0.3 is 29.4 Å². The zero-order chi connectivity index (χ0) is 21.1. The van der Waals surface area contributed by atoms with Crippen molar-refractivity contribution in [2.45, 2.75) is 62.9 Å². The predicted octanol–water partition coefficient (Wildman–Crippen LogP) is 0.0148. The Morgan fingerprint density at radius 1 is 1.27 bits per heavy atom. The molecule has 1 aliphatic carbocycles. The van der Waals surface area contributed by atoms with Gasteiger partial charge in [-0.1, -0.05) is 0 Å². The van der Waals surface area contributed by atoms with E-state index in [0.29, 0.717) is 39.0 Å². The Kier molecular flexibility index (Phi) is 6.70. The molecule has 3 aliphatic rings. The summed E-state index contributed by atoms with van der Waals surface area (Å²) in [6, 6.07) is -0.100. The Morgan fingerprint density at radius 3 is 2.83 bits per heavy atom. The number of hydrogen-bond acceptors (Lipinski definition) is 6. The van der Waals surface area contributed by atoms with E-state index in [0.717, 1.165) is 25.0 Å². The topological polar surface area (TPSA) is 106 Å². The monoisotopic (exact) mass is 420 g/mol. The summed E-state index contributed by atoms with van der Waals surface area (Å²) in [5.41, 5.74) is 0.948. The second-order valence-electron chi connectivity index (χ2n) is 8.73. The zero-order valence-electron chi connectivity index (χ0n) is 17.5. The Morgan fingerprint density at radius 2 is 2.10 bits per heavy atom. The highest BCUT2D eigenvalue weighted by Crippen LogP contribution is 2.35. The lowest BCUT2D eigenvalue weighted by Gasteiger charge is -2.44. The molecule has 1 aromatic heterocycles. The number of nitrogens with zero attached hydrogens (tertiary/aromatic N) is 3. The number of aromatic nitrogens is 2. The van der Waals surface area contributed by atoms with Crippen LogP contribution in [0.5, 0.6) is 0 Å². The van der Waals surface area contributed by atoms with Gasteiger partial charge in [-0.3, -0.25) is 9.59 Å². The standard InChI is InChI=1S/C21H32N4O5/c1-24-9-15(23-13-24)6-7-22-20(27)8-17-4-5-18-19(30-17)12-29-11-16(26)10-25(18)21(28)14-2-3-14/h9,13-14,16-19,26H,2-8,10-12H2,1H3,(H,22,27)/t16-,17-,18+,19-/m0/s1. The second-order valence-corrected chi connectivity index (χ2v) is 8.73. The van der Waals surface area contributed by atoms with E-state index in [4.69, 9.17) is 9.47 Å². The van der Waals surface area contributed by atoms with Crippen molar-refractivity contribution in [3.05, 3.63) is 18.2 Å². The minimum absolute atomic E-state index is 0.0394. The second kappa shape index (κ2) is 9.45. The van der Waals surface area contributed by atoms with Crippen molar-refractivity contribution in [3.63, 3.8) is 0 Å². The number of aliphatic hydroxyl groups excluding tert-OH is 1. The fourth-order valence-electron chi connectivity index (χ4n) is 4.36. The van der Waals surface area contributed by atoms with Gasteiger partial charge in [0.25, 0.3) is 0 Å². The van der Waals surface area contributed by atoms with Crippen LogP contribution >= 0.6 is 0 Å². The van der Waals surface area contributed by atoms with Crippen molar-refractivity contribution in [1.82, 2.24) is 19.8 Å². The lowest BCUT2D eigenvalue weighted by atomic mass is 9.94. The summed E-state index contributed by atoms with van der Waals surface area (Å²) in [4.78, 5) is 31.2. The van der Waals surface area contributed by atoms with Gasteiger partial charge in [0.2, 0.25) is 11.8 Å². The highest BCUT2D eigenvalue weighted by Gasteiger charge is 2.43. The number of fused-ring (bicyclic) bond motifs is 1. The Hall–Kier alpha value is -1.97. The third-order valence-electron chi connectivity index (χ3n) is 6.07. The molecule has 166 valence electrons.